The highest BCUT2D eigenvalue weighted by atomic mass is 35.5. The van der Waals surface area contributed by atoms with Crippen LogP contribution in [0.5, 0.6) is 0 Å². The first-order chi connectivity index (χ1) is 43.2. The number of nitrogens with zero attached hydrogens (tertiary/aromatic N) is 4. The third kappa shape index (κ3) is 28.9. The zero-order valence-corrected chi connectivity index (χ0v) is 51.0. The lowest BCUT2D eigenvalue weighted by Crippen LogP contribution is -2.27. The second-order valence-corrected chi connectivity index (χ2v) is 19.8. The van der Waals surface area contributed by atoms with Crippen LogP contribution in [0.15, 0.2) is 186 Å². The van der Waals surface area contributed by atoms with Gasteiger partial charge >= 0.3 is 30.8 Å². The third-order valence-electron chi connectivity index (χ3n) is 12.8. The lowest BCUT2D eigenvalue weighted by Gasteiger charge is -2.16. The molecule has 0 spiro atoms. The minimum absolute atomic E-state index is 0. The van der Waals surface area contributed by atoms with Crippen molar-refractivity contribution in [2.24, 2.45) is 5.73 Å². The minimum Gasteiger partial charge on any atom is -0.356 e. The molecule has 6 aromatic carbocycles. The first-order valence-electron chi connectivity index (χ1n) is 28.5. The van der Waals surface area contributed by atoms with E-state index in [0.29, 0.717) is 66.9 Å². The fraction of sp³-hybridized carbons (Fsp3) is 0.284. The number of rotatable bonds is 22. The summed E-state index contributed by atoms with van der Waals surface area (Å²) in [7, 11) is 0. The Balaban J connectivity index is 0.000000490. The molecule has 5 N–H and O–H groups in total. The van der Waals surface area contributed by atoms with Gasteiger partial charge < -0.3 is 21.7 Å². The summed E-state index contributed by atoms with van der Waals surface area (Å²) in [5, 5.41) is 9.39. The highest BCUT2D eigenvalue weighted by Gasteiger charge is 2.31. The number of nitrogens with two attached hydrogens (primary N) is 1. The maximum Gasteiger partial charge on any atom is 0.416 e. The molecule has 2 aromatic heterocycles. The second-order valence-electron chi connectivity index (χ2n) is 19.8. The molecule has 91 heavy (non-hydrogen) atoms. The van der Waals surface area contributed by atoms with Crippen molar-refractivity contribution in [3.63, 3.8) is 0 Å². The normalized spacial score (nSPS) is 10.6. The van der Waals surface area contributed by atoms with E-state index in [1.807, 2.05) is 91.9 Å². The molecular formula is C67H71ClF6N8O9. The average molecular weight is 1280 g/mol. The van der Waals surface area contributed by atoms with Crippen molar-refractivity contribution in [1.29, 1.82) is 0 Å². The number of hydrogen-bond acceptors (Lipinski definition) is 14. The lowest BCUT2D eigenvalue weighted by atomic mass is 10.1. The Morgan fingerprint density at radius 3 is 1.26 bits per heavy atom. The summed E-state index contributed by atoms with van der Waals surface area (Å²) >= 11 is 0. The van der Waals surface area contributed by atoms with Crippen LogP contribution in [0.3, 0.4) is 0 Å². The first-order valence-corrected chi connectivity index (χ1v) is 28.5. The highest BCUT2D eigenvalue weighted by molar-refractivity contribution is 5.94. The van der Waals surface area contributed by atoms with Gasteiger partial charge in [-0.05, 0) is 91.3 Å². The Labute approximate surface area is 528 Å². The van der Waals surface area contributed by atoms with Crippen LogP contribution in [-0.4, -0.2) is 69.1 Å². The lowest BCUT2D eigenvalue weighted by molar-refractivity contribution is -0.193. The number of nitrogens with one attached hydrogen (secondary N) is 3. The molecule has 1 atom stereocenters. The minimum atomic E-state index is -4.45. The topological polar surface area (TPSA) is 251 Å². The standard InChI is InChI=1S/C32H33F3N4O2.C23H24F3N3O.C9H13N.3CO2.ClH/c1-2-3-7-18-37-31-38-28(25-13-15-27(16-14-25)32(33,34)35)21-29(40)39(31)22-24-11-8-12-26(20-24)30(41)36-19-17-23-9-5-4-6-10-23;1-2-3-7-14-27-22-28-20(18-10-12-19(13-11-18)23(24,25)26)15-21(30)29(22)16-17-8-5-4-6-9-17;1-8(10)7-9-5-3-2-4-6-9;3*2-1-3;/h4-6,8-16,20-21H,2-3,7,17-19,22H2,1H3,(H,36,41)(H,37,38);4-6,8-13,15H,2-3,7,14,16H2,1H3,(H,27,28);2-6,8H,7,10H2,1H3;;;;1H. The summed E-state index contributed by atoms with van der Waals surface area (Å²) in [4.78, 5) is 96.8. The Morgan fingerprint density at radius 1 is 0.505 bits per heavy atom. The van der Waals surface area contributed by atoms with E-state index in [1.165, 1.54) is 46.5 Å². The maximum absolute atomic E-state index is 13.3. The highest BCUT2D eigenvalue weighted by Crippen LogP contribution is 2.32. The molecular weight excluding hydrogens is 1210 g/mol. The van der Waals surface area contributed by atoms with Gasteiger partial charge in [0.15, 0.2) is 0 Å². The number of benzene rings is 6. The molecule has 0 bridgehead atoms. The summed E-state index contributed by atoms with van der Waals surface area (Å²) in [6, 6.07) is 49.0. The zero-order chi connectivity index (χ0) is 66.3. The summed E-state index contributed by atoms with van der Waals surface area (Å²) in [6.07, 6.45) is -0.479. The van der Waals surface area contributed by atoms with E-state index in [4.69, 9.17) is 34.5 Å². The third-order valence-corrected chi connectivity index (χ3v) is 12.8. The fourth-order valence-corrected chi connectivity index (χ4v) is 8.51. The summed E-state index contributed by atoms with van der Waals surface area (Å²) in [5.41, 5.74) is 9.63. The van der Waals surface area contributed by atoms with Crippen molar-refractivity contribution >= 4 is 48.7 Å². The number of alkyl halides is 6. The molecule has 2 heterocycles. The van der Waals surface area contributed by atoms with Crippen molar-refractivity contribution in [2.45, 2.75) is 104 Å². The van der Waals surface area contributed by atoms with Gasteiger partial charge in [-0.15, -0.1) is 12.4 Å². The Bertz CT molecular complexity index is 3610. The fourth-order valence-electron chi connectivity index (χ4n) is 8.51. The number of hydrogen-bond donors (Lipinski definition) is 4. The van der Waals surface area contributed by atoms with Crippen LogP contribution in [0.25, 0.3) is 22.5 Å². The molecule has 0 aliphatic carbocycles. The quantitative estimate of drug-likeness (QED) is 0.0364. The predicted octanol–water partition coefficient (Wildman–Crippen LogP) is 12.4. The van der Waals surface area contributed by atoms with Crippen molar-refractivity contribution in [2.75, 3.05) is 30.3 Å². The molecule has 24 heteroatoms. The molecule has 0 radical (unpaired) electrons. The zero-order valence-electron chi connectivity index (χ0n) is 50.2. The van der Waals surface area contributed by atoms with E-state index >= 15 is 0 Å². The summed E-state index contributed by atoms with van der Waals surface area (Å²) < 4.78 is 80.6. The number of aromatic nitrogens is 4. The van der Waals surface area contributed by atoms with E-state index in [9.17, 15) is 40.7 Å². The predicted molar refractivity (Wildman–Crippen MR) is 334 cm³/mol. The first kappa shape index (κ1) is 77.2. The molecule has 0 saturated heterocycles. The Hall–Kier alpha value is -9.88. The summed E-state index contributed by atoms with van der Waals surface area (Å²) in [5.74, 6) is 0.530. The van der Waals surface area contributed by atoms with Gasteiger partial charge in [-0.25, -0.2) is 9.97 Å². The van der Waals surface area contributed by atoms with Crippen molar-refractivity contribution in [3.05, 3.63) is 236 Å². The van der Waals surface area contributed by atoms with Crippen LogP contribution in [0.2, 0.25) is 0 Å². The second kappa shape index (κ2) is 42.1. The Morgan fingerprint density at radius 2 is 0.879 bits per heavy atom. The molecule has 8 aromatic rings. The van der Waals surface area contributed by atoms with Crippen molar-refractivity contribution < 1.29 is 59.9 Å². The van der Waals surface area contributed by atoms with Crippen LogP contribution in [0.1, 0.15) is 103 Å². The number of unbranched alkanes of at least 4 members (excludes halogenated alkanes) is 4. The van der Waals surface area contributed by atoms with Gasteiger partial charge in [0.05, 0.1) is 35.6 Å². The van der Waals surface area contributed by atoms with Gasteiger partial charge in [0.2, 0.25) is 11.9 Å². The SMILES string of the molecule is CC(N)Cc1ccccc1.CCCCCNc1nc(-c2ccc(C(F)(F)F)cc2)cc(=O)n1Cc1cccc(C(=O)NCCc2ccccc2)c1.CCCCCNc1nc(-c2ccc(C(F)(F)F)cc2)cc(=O)n1Cc1ccccc1.Cl.O=C=O.O=C=O.O=C=O. The summed E-state index contributed by atoms with van der Waals surface area (Å²) in [6.45, 7) is 8.47. The van der Waals surface area contributed by atoms with Crippen LogP contribution in [0.4, 0.5) is 38.2 Å². The molecule has 0 saturated carbocycles. The van der Waals surface area contributed by atoms with Gasteiger partial charge in [0.1, 0.15) is 0 Å². The van der Waals surface area contributed by atoms with Crippen LogP contribution in [-0.2, 0) is 67.1 Å². The molecule has 0 aliphatic rings. The maximum atomic E-state index is 13.3. The largest absolute Gasteiger partial charge is 0.416 e. The number of carbonyl (C=O) groups excluding carboxylic acids is 7. The number of halogens is 7. The van der Waals surface area contributed by atoms with E-state index in [1.54, 1.807) is 22.8 Å². The van der Waals surface area contributed by atoms with Gasteiger partial charge in [-0.3, -0.25) is 23.5 Å². The number of carbonyl (C=O) groups is 1. The Kier molecular flexibility index (Phi) is 35.7. The van der Waals surface area contributed by atoms with Gasteiger partial charge in [-0.2, -0.15) is 55.1 Å². The van der Waals surface area contributed by atoms with Gasteiger partial charge in [0, 0.05) is 54.5 Å². The monoisotopic (exact) mass is 1280 g/mol. The van der Waals surface area contributed by atoms with Gasteiger partial charge in [0.25, 0.3) is 17.0 Å². The average Bonchev–Trinajstić information content (AvgIpc) is 0.892. The molecule has 1 unspecified atom stereocenters. The molecule has 1 amide bonds. The van der Waals surface area contributed by atoms with E-state index in [2.05, 4.69) is 51.9 Å². The van der Waals surface area contributed by atoms with Crippen molar-refractivity contribution in [1.82, 2.24) is 24.4 Å². The molecule has 0 fully saturated rings. The van der Waals surface area contributed by atoms with Crippen molar-refractivity contribution in [3.8, 4) is 22.5 Å². The van der Waals surface area contributed by atoms with Crippen LogP contribution in [0, 0.1) is 0 Å². The molecule has 0 aliphatic heterocycles. The molecule has 482 valence electrons. The molecule has 8 rings (SSSR count). The van der Waals surface area contributed by atoms with E-state index in [0.717, 1.165) is 85.9 Å². The van der Waals surface area contributed by atoms with E-state index < -0.39 is 23.5 Å². The number of anilines is 2. The van der Waals surface area contributed by atoms with Crippen LogP contribution >= 0.6 is 12.4 Å². The van der Waals surface area contributed by atoms with E-state index in [-0.39, 0.29) is 66.2 Å². The van der Waals surface area contributed by atoms with Gasteiger partial charge in [-0.1, -0.05) is 167 Å². The smallest absolute Gasteiger partial charge is 0.356 e. The van der Waals surface area contributed by atoms with Crippen LogP contribution < -0.4 is 32.8 Å². The molecule has 17 nitrogen and oxygen atoms in total. The number of amides is 1.